The first kappa shape index (κ1) is 19.0. The first-order valence-corrected chi connectivity index (χ1v) is 7.89. The summed E-state index contributed by atoms with van der Waals surface area (Å²) >= 11 is 0. The van der Waals surface area contributed by atoms with Gasteiger partial charge in [0.1, 0.15) is 6.67 Å². The summed E-state index contributed by atoms with van der Waals surface area (Å²) in [5.74, 6) is -1.34. The Bertz CT molecular complexity index is 657. The van der Waals surface area contributed by atoms with Crippen molar-refractivity contribution in [2.75, 3.05) is 13.3 Å². The molecule has 1 amide bonds. The largest absolute Gasteiger partial charge is 0.416 e. The number of carbonyl (C=O) groups excluding carboxylic acids is 1. The molecule has 1 aromatic carbocycles. The van der Waals surface area contributed by atoms with Gasteiger partial charge in [-0.05, 0) is 17.7 Å². The smallest absolute Gasteiger partial charge is 0.395 e. The second-order valence-corrected chi connectivity index (χ2v) is 6.16. The van der Waals surface area contributed by atoms with Crippen LogP contribution in [0.15, 0.2) is 24.3 Å². The lowest BCUT2D eigenvalue weighted by molar-refractivity contribution is -0.138. The third-order valence-corrected chi connectivity index (χ3v) is 4.60. The number of hydrazine groups is 1. The number of benzene rings is 1. The van der Waals surface area contributed by atoms with Crippen LogP contribution in [0.1, 0.15) is 17.2 Å². The van der Waals surface area contributed by atoms with Crippen LogP contribution in [0.4, 0.5) is 17.6 Å². The Morgan fingerprint density at radius 1 is 1.23 bits per heavy atom. The number of amides is 1. The Kier molecular flexibility index (Phi) is 5.17. The molecule has 2 heterocycles. The zero-order valence-electron chi connectivity index (χ0n) is 13.4. The number of aliphatic hydroxyl groups excluding tert-OH is 2. The summed E-state index contributed by atoms with van der Waals surface area (Å²) in [4.78, 5) is 12.1. The highest BCUT2D eigenvalue weighted by molar-refractivity contribution is 5.81. The molecule has 0 saturated carbocycles. The maximum Gasteiger partial charge on any atom is 0.416 e. The number of halogens is 4. The number of carbonyl (C=O) groups is 1. The summed E-state index contributed by atoms with van der Waals surface area (Å²) in [7, 11) is 0. The minimum atomic E-state index is -4.50. The van der Waals surface area contributed by atoms with E-state index in [1.54, 1.807) is 0 Å². The highest BCUT2D eigenvalue weighted by atomic mass is 19.4. The molecular weight excluding hydrogens is 360 g/mol. The van der Waals surface area contributed by atoms with Gasteiger partial charge in [-0.3, -0.25) is 10.1 Å². The molecule has 0 aromatic heterocycles. The van der Waals surface area contributed by atoms with Gasteiger partial charge in [0, 0.05) is 0 Å². The molecule has 144 valence electrons. The van der Waals surface area contributed by atoms with Gasteiger partial charge in [-0.15, -0.1) is 0 Å². The minimum Gasteiger partial charge on any atom is -0.395 e. The molecule has 11 heteroatoms. The molecule has 7 nitrogen and oxygen atoms in total. The summed E-state index contributed by atoms with van der Waals surface area (Å²) < 4.78 is 51.9. The van der Waals surface area contributed by atoms with Crippen LogP contribution in [0.3, 0.4) is 0 Å². The van der Waals surface area contributed by atoms with Crippen molar-refractivity contribution in [3.8, 4) is 0 Å². The molecule has 5 N–H and O–H groups in total. The Balaban J connectivity index is 1.88. The monoisotopic (exact) mass is 378 g/mol. The van der Waals surface area contributed by atoms with Crippen molar-refractivity contribution in [1.29, 1.82) is 0 Å². The number of hydrogen-bond donors (Lipinski definition) is 5. The summed E-state index contributed by atoms with van der Waals surface area (Å²) in [6.45, 7) is -1.38. The van der Waals surface area contributed by atoms with E-state index in [0.29, 0.717) is 0 Å². The van der Waals surface area contributed by atoms with Gasteiger partial charge in [0.25, 0.3) is 0 Å². The predicted octanol–water partition coefficient (Wildman–Crippen LogP) is -0.165. The fourth-order valence-electron chi connectivity index (χ4n) is 3.35. The van der Waals surface area contributed by atoms with Crippen molar-refractivity contribution in [3.63, 3.8) is 0 Å². The van der Waals surface area contributed by atoms with E-state index in [4.69, 9.17) is 0 Å². The molecule has 2 fully saturated rings. The quantitative estimate of drug-likeness (QED) is 0.467. The van der Waals surface area contributed by atoms with Crippen LogP contribution in [0, 0.1) is 5.92 Å². The zero-order chi connectivity index (χ0) is 19.1. The van der Waals surface area contributed by atoms with E-state index in [2.05, 4.69) is 16.1 Å². The Labute approximate surface area is 145 Å². The van der Waals surface area contributed by atoms with Gasteiger partial charge < -0.3 is 15.5 Å². The summed E-state index contributed by atoms with van der Waals surface area (Å²) in [6.07, 6.45) is -6.71. The van der Waals surface area contributed by atoms with Crippen LogP contribution in [0.5, 0.6) is 0 Å². The SMILES string of the molecule is O=C1NC(O)NC2C1C(CO)NN2C(CF)c1ccc(C(F)(F)F)cc1. The van der Waals surface area contributed by atoms with E-state index >= 15 is 0 Å². The minimum absolute atomic E-state index is 0.257. The fourth-order valence-corrected chi connectivity index (χ4v) is 3.35. The maximum absolute atomic E-state index is 13.8. The van der Waals surface area contributed by atoms with E-state index in [9.17, 15) is 32.6 Å². The highest BCUT2D eigenvalue weighted by Crippen LogP contribution is 2.34. The lowest BCUT2D eigenvalue weighted by atomic mass is 9.95. The van der Waals surface area contributed by atoms with E-state index < -0.39 is 61.4 Å². The van der Waals surface area contributed by atoms with Crippen molar-refractivity contribution in [1.82, 2.24) is 21.1 Å². The van der Waals surface area contributed by atoms with Gasteiger partial charge in [-0.2, -0.15) is 13.2 Å². The molecule has 5 atom stereocenters. The Morgan fingerprint density at radius 2 is 1.88 bits per heavy atom. The molecular formula is C15H18F4N4O3. The van der Waals surface area contributed by atoms with Crippen LogP contribution >= 0.6 is 0 Å². The number of rotatable bonds is 4. The summed E-state index contributed by atoms with van der Waals surface area (Å²) in [6, 6.07) is 2.27. The summed E-state index contributed by atoms with van der Waals surface area (Å²) in [5, 5.41) is 25.4. The van der Waals surface area contributed by atoms with Gasteiger partial charge >= 0.3 is 6.18 Å². The van der Waals surface area contributed by atoms with Crippen molar-refractivity contribution in [2.24, 2.45) is 5.92 Å². The molecule has 0 radical (unpaired) electrons. The number of nitrogens with one attached hydrogen (secondary N) is 3. The maximum atomic E-state index is 13.8. The summed E-state index contributed by atoms with van der Waals surface area (Å²) in [5.41, 5.74) is 2.22. The number of alkyl halides is 4. The first-order chi connectivity index (χ1) is 12.3. The third kappa shape index (κ3) is 3.40. The molecule has 5 unspecified atom stereocenters. The zero-order valence-corrected chi connectivity index (χ0v) is 13.4. The molecule has 0 spiro atoms. The fraction of sp³-hybridized carbons (Fsp3) is 0.533. The molecule has 3 rings (SSSR count). The van der Waals surface area contributed by atoms with Crippen molar-refractivity contribution in [2.45, 2.75) is 30.8 Å². The molecule has 2 saturated heterocycles. The van der Waals surface area contributed by atoms with Crippen molar-refractivity contribution in [3.05, 3.63) is 35.4 Å². The van der Waals surface area contributed by atoms with Crippen LogP contribution in [-0.2, 0) is 11.0 Å². The van der Waals surface area contributed by atoms with Gasteiger partial charge in [0.2, 0.25) is 5.91 Å². The van der Waals surface area contributed by atoms with Crippen LogP contribution in [-0.4, -0.2) is 53.0 Å². The van der Waals surface area contributed by atoms with E-state index in [1.165, 1.54) is 5.01 Å². The van der Waals surface area contributed by atoms with Crippen LogP contribution in [0.25, 0.3) is 0 Å². The lowest BCUT2D eigenvalue weighted by Gasteiger charge is -2.37. The number of hydrogen-bond acceptors (Lipinski definition) is 6. The Morgan fingerprint density at radius 3 is 2.42 bits per heavy atom. The van der Waals surface area contributed by atoms with E-state index in [1.807, 2.05) is 0 Å². The number of aliphatic hydroxyl groups is 2. The normalized spacial score (nSPS) is 30.8. The van der Waals surface area contributed by atoms with E-state index in [-0.39, 0.29) is 5.56 Å². The van der Waals surface area contributed by atoms with E-state index in [0.717, 1.165) is 24.3 Å². The number of nitrogens with zero attached hydrogens (tertiary/aromatic N) is 1. The van der Waals surface area contributed by atoms with Crippen molar-refractivity contribution >= 4 is 5.91 Å². The molecule has 2 aliphatic heterocycles. The van der Waals surface area contributed by atoms with Crippen LogP contribution in [0.2, 0.25) is 0 Å². The van der Waals surface area contributed by atoms with Crippen molar-refractivity contribution < 1.29 is 32.6 Å². The number of fused-ring (bicyclic) bond motifs is 1. The average Bonchev–Trinajstić information content (AvgIpc) is 2.94. The molecule has 26 heavy (non-hydrogen) atoms. The molecule has 1 aromatic rings. The lowest BCUT2D eigenvalue weighted by Crippen LogP contribution is -2.64. The topological polar surface area (TPSA) is 96.9 Å². The third-order valence-electron chi connectivity index (χ3n) is 4.60. The van der Waals surface area contributed by atoms with Gasteiger partial charge in [0.15, 0.2) is 6.35 Å². The molecule has 0 bridgehead atoms. The molecule has 0 aliphatic carbocycles. The second-order valence-electron chi connectivity index (χ2n) is 6.16. The van der Waals surface area contributed by atoms with Gasteiger partial charge in [0.05, 0.1) is 36.3 Å². The van der Waals surface area contributed by atoms with Gasteiger partial charge in [-0.1, -0.05) is 12.1 Å². The second kappa shape index (κ2) is 7.08. The average molecular weight is 378 g/mol. The standard InChI is InChI=1S/C15H18F4N4O3/c16-5-10(7-1-3-8(4-2-7)15(17,18)19)23-12-11(9(6-24)22-23)13(25)21-14(26)20-12/h1-4,9-12,14,20,22,24,26H,5-6H2,(H,21,25). The van der Waals surface area contributed by atoms with Gasteiger partial charge in [-0.25, -0.2) is 14.8 Å². The first-order valence-electron chi connectivity index (χ1n) is 7.89. The molecule has 2 aliphatic rings. The highest BCUT2D eigenvalue weighted by Gasteiger charge is 2.51. The Hall–Kier alpha value is -1.79. The van der Waals surface area contributed by atoms with Crippen LogP contribution < -0.4 is 16.1 Å². The predicted molar refractivity (Wildman–Crippen MR) is 80.6 cm³/mol.